The number of H-pyrrole nitrogens is 1. The Morgan fingerprint density at radius 1 is 1.43 bits per heavy atom. The minimum absolute atomic E-state index is 0.0222. The number of hydrogen-bond acceptors (Lipinski definition) is 6. The standard InChI is InChI=1S/C19H28N6O3/c1-2-10-28-16-11-14(19(27)20-7-9-25-8-3-6-23-25)4-5-15(16)24-17-12-18(26)22-13-21-17/h3,6,8,12-16H,2,4-5,7,9-11H2,1H3,(H,20,27)(H2,21,22,24,26)/t14-,15+,16+/m0/s1. The fourth-order valence-corrected chi connectivity index (χ4v) is 3.49. The summed E-state index contributed by atoms with van der Waals surface area (Å²) in [5.41, 5.74) is -0.200. The van der Waals surface area contributed by atoms with E-state index in [9.17, 15) is 9.59 Å². The summed E-state index contributed by atoms with van der Waals surface area (Å²) in [5.74, 6) is 0.510. The molecule has 0 unspecified atom stereocenters. The van der Waals surface area contributed by atoms with Crippen molar-refractivity contribution in [2.45, 2.75) is 51.3 Å². The van der Waals surface area contributed by atoms with Gasteiger partial charge in [-0.1, -0.05) is 6.92 Å². The molecular formula is C19H28N6O3. The number of anilines is 1. The number of amides is 1. The Balaban J connectivity index is 1.54. The number of carbonyl (C=O) groups excluding carboxylic acids is 1. The quantitative estimate of drug-likeness (QED) is 0.594. The van der Waals surface area contributed by atoms with Gasteiger partial charge in [0.25, 0.3) is 5.56 Å². The van der Waals surface area contributed by atoms with E-state index in [2.05, 4.69) is 32.6 Å². The molecular weight excluding hydrogens is 360 g/mol. The number of rotatable bonds is 9. The van der Waals surface area contributed by atoms with Gasteiger partial charge >= 0.3 is 0 Å². The average molecular weight is 388 g/mol. The predicted octanol–water partition coefficient (Wildman–Crippen LogP) is 1.16. The van der Waals surface area contributed by atoms with Crippen molar-refractivity contribution in [2.75, 3.05) is 18.5 Å². The van der Waals surface area contributed by atoms with Crippen LogP contribution in [0.5, 0.6) is 0 Å². The fourth-order valence-electron chi connectivity index (χ4n) is 3.49. The molecule has 0 aromatic carbocycles. The molecule has 1 aliphatic carbocycles. The number of nitrogens with zero attached hydrogens (tertiary/aromatic N) is 3. The van der Waals surface area contributed by atoms with Gasteiger partial charge in [-0.25, -0.2) is 4.98 Å². The molecule has 2 aromatic rings. The van der Waals surface area contributed by atoms with Gasteiger partial charge in [0.2, 0.25) is 5.91 Å². The number of aromatic amines is 1. The van der Waals surface area contributed by atoms with Gasteiger partial charge in [0.05, 0.1) is 25.0 Å². The van der Waals surface area contributed by atoms with E-state index in [-0.39, 0.29) is 29.5 Å². The van der Waals surface area contributed by atoms with Crippen LogP contribution in [-0.4, -0.2) is 51.0 Å². The topological polar surface area (TPSA) is 114 Å². The van der Waals surface area contributed by atoms with E-state index < -0.39 is 0 Å². The zero-order chi connectivity index (χ0) is 19.8. The van der Waals surface area contributed by atoms with Crippen molar-refractivity contribution >= 4 is 11.7 Å². The van der Waals surface area contributed by atoms with Crippen molar-refractivity contribution in [3.63, 3.8) is 0 Å². The summed E-state index contributed by atoms with van der Waals surface area (Å²) < 4.78 is 7.82. The molecule has 0 bridgehead atoms. The molecule has 0 radical (unpaired) electrons. The van der Waals surface area contributed by atoms with Crippen LogP contribution in [0.15, 0.2) is 35.6 Å². The van der Waals surface area contributed by atoms with Gasteiger partial charge in [-0.15, -0.1) is 0 Å². The van der Waals surface area contributed by atoms with E-state index in [4.69, 9.17) is 4.74 Å². The number of hydrogen-bond donors (Lipinski definition) is 3. The summed E-state index contributed by atoms with van der Waals surface area (Å²) in [4.78, 5) is 30.7. The first-order valence-corrected chi connectivity index (χ1v) is 9.83. The van der Waals surface area contributed by atoms with Gasteiger partial charge in [0.15, 0.2) is 0 Å². The molecule has 1 amide bonds. The second-order valence-electron chi connectivity index (χ2n) is 7.03. The second kappa shape index (κ2) is 10.0. The van der Waals surface area contributed by atoms with E-state index in [1.54, 1.807) is 10.9 Å². The molecule has 2 heterocycles. The van der Waals surface area contributed by atoms with Crippen LogP contribution >= 0.6 is 0 Å². The Labute approximate surface area is 163 Å². The minimum atomic E-state index is -0.200. The molecule has 1 aliphatic rings. The van der Waals surface area contributed by atoms with Crippen LogP contribution in [0.3, 0.4) is 0 Å². The molecule has 2 aromatic heterocycles. The Hall–Kier alpha value is -2.68. The highest BCUT2D eigenvalue weighted by atomic mass is 16.5. The van der Waals surface area contributed by atoms with Crippen molar-refractivity contribution in [2.24, 2.45) is 5.92 Å². The lowest BCUT2D eigenvalue weighted by molar-refractivity contribution is -0.128. The summed E-state index contributed by atoms with van der Waals surface area (Å²) in [6.45, 7) is 3.90. The van der Waals surface area contributed by atoms with Crippen molar-refractivity contribution in [1.82, 2.24) is 25.1 Å². The van der Waals surface area contributed by atoms with Gasteiger partial charge in [0.1, 0.15) is 5.82 Å². The SMILES string of the molecule is CCCO[C@@H]1C[C@@H](C(=O)NCCn2cccn2)CC[C@H]1Nc1cc(=O)[nH]cn1. The summed E-state index contributed by atoms with van der Waals surface area (Å²) in [5, 5.41) is 10.4. The van der Waals surface area contributed by atoms with Crippen LogP contribution in [0.1, 0.15) is 32.6 Å². The van der Waals surface area contributed by atoms with Crippen LogP contribution in [0.4, 0.5) is 5.82 Å². The van der Waals surface area contributed by atoms with Crippen LogP contribution in [-0.2, 0) is 16.1 Å². The Morgan fingerprint density at radius 2 is 2.32 bits per heavy atom. The molecule has 0 saturated heterocycles. The zero-order valence-corrected chi connectivity index (χ0v) is 16.1. The third-order valence-corrected chi connectivity index (χ3v) is 4.91. The Morgan fingerprint density at radius 3 is 3.07 bits per heavy atom. The second-order valence-corrected chi connectivity index (χ2v) is 7.03. The number of nitrogens with one attached hydrogen (secondary N) is 3. The van der Waals surface area contributed by atoms with Crippen LogP contribution in [0.25, 0.3) is 0 Å². The maximum atomic E-state index is 12.6. The third kappa shape index (κ3) is 5.66. The minimum Gasteiger partial charge on any atom is -0.376 e. The Bertz CT molecular complexity index is 791. The monoisotopic (exact) mass is 388 g/mol. The maximum Gasteiger partial charge on any atom is 0.252 e. The van der Waals surface area contributed by atoms with Crippen molar-refractivity contribution < 1.29 is 9.53 Å². The molecule has 3 rings (SSSR count). The molecule has 1 fully saturated rings. The largest absolute Gasteiger partial charge is 0.376 e. The van der Waals surface area contributed by atoms with E-state index >= 15 is 0 Å². The highest BCUT2D eigenvalue weighted by Gasteiger charge is 2.34. The molecule has 0 aliphatic heterocycles. The van der Waals surface area contributed by atoms with Gasteiger partial charge in [-0.05, 0) is 31.7 Å². The highest BCUT2D eigenvalue weighted by Crippen LogP contribution is 2.29. The molecule has 152 valence electrons. The first-order valence-electron chi connectivity index (χ1n) is 9.83. The lowest BCUT2D eigenvalue weighted by atomic mass is 9.83. The molecule has 3 N–H and O–H groups in total. The molecule has 28 heavy (non-hydrogen) atoms. The average Bonchev–Trinajstić information content (AvgIpc) is 3.20. The van der Waals surface area contributed by atoms with E-state index in [0.717, 1.165) is 19.3 Å². The van der Waals surface area contributed by atoms with Gasteiger partial charge in [0, 0.05) is 37.5 Å². The smallest absolute Gasteiger partial charge is 0.252 e. The number of ether oxygens (including phenoxy) is 1. The van der Waals surface area contributed by atoms with Crippen molar-refractivity contribution in [3.05, 3.63) is 41.2 Å². The van der Waals surface area contributed by atoms with Gasteiger partial charge < -0.3 is 20.4 Å². The first kappa shape index (κ1) is 20.1. The van der Waals surface area contributed by atoms with Gasteiger partial charge in [-0.3, -0.25) is 14.3 Å². The van der Waals surface area contributed by atoms with Crippen molar-refractivity contribution in [3.8, 4) is 0 Å². The lowest BCUT2D eigenvalue weighted by Crippen LogP contribution is -2.45. The lowest BCUT2D eigenvalue weighted by Gasteiger charge is -2.36. The summed E-state index contributed by atoms with van der Waals surface area (Å²) in [6, 6.07) is 3.32. The van der Waals surface area contributed by atoms with Crippen LogP contribution < -0.4 is 16.2 Å². The third-order valence-electron chi connectivity index (χ3n) is 4.91. The molecule has 0 spiro atoms. The van der Waals surface area contributed by atoms with Gasteiger partial charge in [-0.2, -0.15) is 5.10 Å². The van der Waals surface area contributed by atoms with Crippen molar-refractivity contribution in [1.29, 1.82) is 0 Å². The highest BCUT2D eigenvalue weighted by molar-refractivity contribution is 5.78. The van der Waals surface area contributed by atoms with E-state index in [1.807, 2.05) is 12.3 Å². The predicted molar refractivity (Wildman–Crippen MR) is 105 cm³/mol. The van der Waals surface area contributed by atoms with Crippen LogP contribution in [0.2, 0.25) is 0 Å². The Kier molecular flexibility index (Phi) is 7.18. The molecule has 9 heteroatoms. The number of carbonyl (C=O) groups is 1. The normalized spacial score (nSPS) is 22.0. The van der Waals surface area contributed by atoms with E-state index in [0.29, 0.717) is 31.9 Å². The maximum absolute atomic E-state index is 12.6. The summed E-state index contributed by atoms with van der Waals surface area (Å²) in [7, 11) is 0. The molecule has 9 nitrogen and oxygen atoms in total. The molecule has 3 atom stereocenters. The zero-order valence-electron chi connectivity index (χ0n) is 16.1. The first-order chi connectivity index (χ1) is 13.7. The fraction of sp³-hybridized carbons (Fsp3) is 0.579. The summed E-state index contributed by atoms with van der Waals surface area (Å²) in [6.07, 6.45) is 7.98. The van der Waals surface area contributed by atoms with E-state index in [1.165, 1.54) is 12.4 Å². The molecule has 1 saturated carbocycles. The number of aromatic nitrogens is 4. The van der Waals surface area contributed by atoms with Crippen LogP contribution in [0, 0.1) is 5.92 Å². The summed E-state index contributed by atoms with van der Waals surface area (Å²) >= 11 is 0.